The Hall–Kier alpha value is -0.0800. The van der Waals surface area contributed by atoms with Gasteiger partial charge in [0.25, 0.3) is 0 Å². The second-order valence-corrected chi connectivity index (χ2v) is 6.42. The van der Waals surface area contributed by atoms with Gasteiger partial charge in [-0.3, -0.25) is 0 Å². The van der Waals surface area contributed by atoms with E-state index in [1.165, 1.54) is 32.1 Å². The molecule has 2 N–H and O–H groups in total. The third-order valence-electron chi connectivity index (χ3n) is 5.08. The molecule has 0 saturated heterocycles. The fraction of sp³-hybridized carbons (Fsp3) is 1.00. The van der Waals surface area contributed by atoms with Crippen molar-refractivity contribution in [1.29, 1.82) is 0 Å². The Bertz CT molecular complexity index is 231. The molecule has 2 heteroatoms. The predicted molar refractivity (Wildman–Crippen MR) is 67.4 cm³/mol. The lowest BCUT2D eigenvalue weighted by atomic mass is 9.64. The first-order valence-electron chi connectivity index (χ1n) is 6.98. The average Bonchev–Trinajstić information content (AvgIpc) is 2.29. The van der Waals surface area contributed by atoms with Crippen LogP contribution < -0.4 is 5.32 Å². The molecule has 0 aromatic rings. The number of aliphatic hydroxyl groups excluding tert-OH is 1. The van der Waals surface area contributed by atoms with Crippen LogP contribution >= 0.6 is 0 Å². The van der Waals surface area contributed by atoms with Gasteiger partial charge >= 0.3 is 0 Å². The minimum absolute atomic E-state index is 0.0849. The average molecular weight is 225 g/mol. The Morgan fingerprint density at radius 3 is 2.25 bits per heavy atom. The number of aliphatic hydroxyl groups is 1. The van der Waals surface area contributed by atoms with E-state index < -0.39 is 0 Å². The third-order valence-corrected chi connectivity index (χ3v) is 5.08. The first-order valence-corrected chi connectivity index (χ1v) is 6.98. The Kier molecular flexibility index (Phi) is 3.60. The Morgan fingerprint density at radius 1 is 1.19 bits per heavy atom. The van der Waals surface area contributed by atoms with Crippen molar-refractivity contribution in [2.75, 3.05) is 0 Å². The highest BCUT2D eigenvalue weighted by molar-refractivity contribution is 5.02. The molecule has 2 nitrogen and oxygen atoms in total. The van der Waals surface area contributed by atoms with Crippen LogP contribution in [0, 0.1) is 11.3 Å². The summed E-state index contributed by atoms with van der Waals surface area (Å²) in [7, 11) is 0. The number of hydrogen-bond acceptors (Lipinski definition) is 2. The first-order chi connectivity index (χ1) is 7.54. The van der Waals surface area contributed by atoms with Crippen LogP contribution in [0.3, 0.4) is 0 Å². The van der Waals surface area contributed by atoms with Crippen LogP contribution in [0.4, 0.5) is 0 Å². The molecule has 0 amide bonds. The van der Waals surface area contributed by atoms with Crippen LogP contribution in [0.15, 0.2) is 0 Å². The minimum Gasteiger partial charge on any atom is -0.392 e. The Balaban J connectivity index is 1.76. The van der Waals surface area contributed by atoms with Gasteiger partial charge in [-0.2, -0.15) is 0 Å². The van der Waals surface area contributed by atoms with Crippen molar-refractivity contribution in [2.45, 2.75) is 77.5 Å². The molecule has 0 radical (unpaired) electrons. The maximum Gasteiger partial charge on any atom is 0.0621 e. The fourth-order valence-electron chi connectivity index (χ4n) is 3.21. The van der Waals surface area contributed by atoms with Crippen LogP contribution in [-0.2, 0) is 0 Å². The zero-order valence-corrected chi connectivity index (χ0v) is 11.0. The van der Waals surface area contributed by atoms with E-state index in [0.29, 0.717) is 12.1 Å². The lowest BCUT2D eigenvalue weighted by Gasteiger charge is -2.51. The molecule has 2 rings (SSSR count). The Morgan fingerprint density at radius 2 is 1.81 bits per heavy atom. The maximum atomic E-state index is 9.72. The quantitative estimate of drug-likeness (QED) is 0.774. The van der Waals surface area contributed by atoms with Crippen LogP contribution in [0.5, 0.6) is 0 Å². The van der Waals surface area contributed by atoms with E-state index in [1.54, 1.807) is 0 Å². The summed E-state index contributed by atoms with van der Waals surface area (Å²) in [6.45, 7) is 6.66. The van der Waals surface area contributed by atoms with E-state index in [4.69, 9.17) is 0 Å². The predicted octanol–water partition coefficient (Wildman–Crippen LogP) is 2.70. The van der Waals surface area contributed by atoms with Crippen molar-refractivity contribution in [2.24, 2.45) is 11.3 Å². The molecule has 0 aromatic carbocycles. The van der Waals surface area contributed by atoms with Gasteiger partial charge in [0.05, 0.1) is 6.10 Å². The van der Waals surface area contributed by atoms with Crippen molar-refractivity contribution < 1.29 is 5.11 Å². The number of nitrogens with one attached hydrogen (secondary N) is 1. The summed E-state index contributed by atoms with van der Waals surface area (Å²) in [6.07, 6.45) is 7.65. The molecule has 2 unspecified atom stereocenters. The SMILES string of the molecule is CCC1CCC(NC2CC(O)C2(C)C)CC1. The van der Waals surface area contributed by atoms with Crippen molar-refractivity contribution in [3.63, 3.8) is 0 Å². The molecule has 2 saturated carbocycles. The highest BCUT2D eigenvalue weighted by Crippen LogP contribution is 2.41. The van der Waals surface area contributed by atoms with E-state index in [-0.39, 0.29) is 11.5 Å². The summed E-state index contributed by atoms with van der Waals surface area (Å²) in [5.74, 6) is 0.970. The van der Waals surface area contributed by atoms with Crippen LogP contribution in [0.1, 0.15) is 59.3 Å². The smallest absolute Gasteiger partial charge is 0.0621 e. The molecular weight excluding hydrogens is 198 g/mol. The molecule has 2 atom stereocenters. The van der Waals surface area contributed by atoms with Crippen LogP contribution in [-0.4, -0.2) is 23.3 Å². The molecule has 0 aliphatic heterocycles. The molecule has 2 fully saturated rings. The Labute approximate surface area is 99.8 Å². The largest absolute Gasteiger partial charge is 0.392 e. The molecule has 0 aromatic heterocycles. The summed E-state index contributed by atoms with van der Waals surface area (Å²) in [4.78, 5) is 0. The molecule has 16 heavy (non-hydrogen) atoms. The first kappa shape index (κ1) is 12.4. The molecule has 0 bridgehead atoms. The fourth-order valence-corrected chi connectivity index (χ4v) is 3.21. The summed E-state index contributed by atoms with van der Waals surface area (Å²) in [6, 6.07) is 1.24. The normalized spacial score (nSPS) is 42.8. The molecule has 2 aliphatic rings. The van der Waals surface area contributed by atoms with Gasteiger partial charge in [-0.1, -0.05) is 27.2 Å². The highest BCUT2D eigenvalue weighted by Gasteiger charge is 2.47. The van der Waals surface area contributed by atoms with E-state index >= 15 is 0 Å². The molecule has 0 spiro atoms. The van der Waals surface area contributed by atoms with E-state index in [1.807, 2.05) is 0 Å². The van der Waals surface area contributed by atoms with Crippen LogP contribution in [0.25, 0.3) is 0 Å². The number of hydrogen-bond donors (Lipinski definition) is 2. The second-order valence-electron chi connectivity index (χ2n) is 6.42. The van der Waals surface area contributed by atoms with Gasteiger partial charge < -0.3 is 10.4 Å². The third kappa shape index (κ3) is 2.28. The molecular formula is C14H27NO. The highest BCUT2D eigenvalue weighted by atomic mass is 16.3. The summed E-state index contributed by atoms with van der Waals surface area (Å²) in [5.41, 5.74) is 0.0849. The lowest BCUT2D eigenvalue weighted by Crippen LogP contribution is -2.62. The van der Waals surface area contributed by atoms with Gasteiger partial charge in [-0.25, -0.2) is 0 Å². The topological polar surface area (TPSA) is 32.3 Å². The van der Waals surface area contributed by atoms with Crippen molar-refractivity contribution in [1.82, 2.24) is 5.32 Å². The van der Waals surface area contributed by atoms with Crippen LogP contribution in [0.2, 0.25) is 0 Å². The van der Waals surface area contributed by atoms with Gasteiger partial charge in [0.1, 0.15) is 0 Å². The van der Waals surface area contributed by atoms with Crippen molar-refractivity contribution in [3.8, 4) is 0 Å². The van der Waals surface area contributed by atoms with Gasteiger partial charge in [0.2, 0.25) is 0 Å². The van der Waals surface area contributed by atoms with E-state index in [2.05, 4.69) is 26.1 Å². The summed E-state index contributed by atoms with van der Waals surface area (Å²) < 4.78 is 0. The summed E-state index contributed by atoms with van der Waals surface area (Å²) >= 11 is 0. The standard InChI is InChI=1S/C14H27NO/c1-4-10-5-7-11(8-6-10)15-12-9-13(16)14(12,2)3/h10-13,15-16H,4-9H2,1-3H3. The van der Waals surface area contributed by atoms with Gasteiger partial charge in [-0.15, -0.1) is 0 Å². The van der Waals surface area contributed by atoms with Gasteiger partial charge in [0, 0.05) is 17.5 Å². The second kappa shape index (κ2) is 4.66. The molecule has 2 aliphatic carbocycles. The zero-order valence-electron chi connectivity index (χ0n) is 11.0. The zero-order chi connectivity index (χ0) is 11.8. The summed E-state index contributed by atoms with van der Waals surface area (Å²) in [5, 5.41) is 13.5. The van der Waals surface area contributed by atoms with Gasteiger partial charge in [0.15, 0.2) is 0 Å². The monoisotopic (exact) mass is 225 g/mol. The minimum atomic E-state index is -0.100. The van der Waals surface area contributed by atoms with Crippen molar-refractivity contribution in [3.05, 3.63) is 0 Å². The maximum absolute atomic E-state index is 9.72. The van der Waals surface area contributed by atoms with Gasteiger partial charge in [-0.05, 0) is 38.0 Å². The lowest BCUT2D eigenvalue weighted by molar-refractivity contribution is -0.0774. The molecule has 94 valence electrons. The van der Waals surface area contributed by atoms with Crippen molar-refractivity contribution >= 4 is 0 Å². The number of rotatable bonds is 3. The van der Waals surface area contributed by atoms with E-state index in [9.17, 15) is 5.11 Å². The molecule has 0 heterocycles. The van der Waals surface area contributed by atoms with E-state index in [0.717, 1.165) is 12.3 Å².